The molecule has 88 valence electrons. The third kappa shape index (κ3) is 1.57. The average Bonchev–Trinajstić information content (AvgIpc) is 2.67. The maximum Gasteiger partial charge on any atom is 0.260 e. The van der Waals surface area contributed by atoms with Crippen LogP contribution in [0, 0.1) is 0 Å². The highest BCUT2D eigenvalue weighted by Crippen LogP contribution is 2.34. The second-order valence-electron chi connectivity index (χ2n) is 4.00. The largest absolute Gasteiger partial charge is 0.288 e. The number of rotatable bonds is 1. The van der Waals surface area contributed by atoms with Crippen molar-refractivity contribution in [1.82, 2.24) is 5.32 Å². The summed E-state index contributed by atoms with van der Waals surface area (Å²) in [5.74, 6) is -0.685. The lowest BCUT2D eigenvalue weighted by Gasteiger charge is -2.07. The van der Waals surface area contributed by atoms with Gasteiger partial charge in [-0.1, -0.05) is 36.4 Å². The van der Waals surface area contributed by atoms with Crippen LogP contribution in [0.2, 0.25) is 0 Å². The summed E-state index contributed by atoms with van der Waals surface area (Å²) >= 11 is 3.42. The lowest BCUT2D eigenvalue weighted by molar-refractivity contribution is 0.0879. The van der Waals surface area contributed by atoms with Gasteiger partial charge in [0, 0.05) is 4.47 Å². The molecule has 0 saturated carbocycles. The molecule has 1 aliphatic heterocycles. The van der Waals surface area contributed by atoms with E-state index in [1.807, 2.05) is 36.4 Å². The number of carbonyl (C=O) groups excluding carboxylic acids is 2. The summed E-state index contributed by atoms with van der Waals surface area (Å²) in [6.07, 6.45) is 0. The topological polar surface area (TPSA) is 46.2 Å². The Hall–Kier alpha value is -1.94. The summed E-state index contributed by atoms with van der Waals surface area (Å²) in [7, 11) is 0. The van der Waals surface area contributed by atoms with Gasteiger partial charge in [0.05, 0.1) is 11.1 Å². The first kappa shape index (κ1) is 11.2. The number of fused-ring (bicyclic) bond motifs is 1. The number of amides is 2. The molecular formula is C14H8BrNO2. The van der Waals surface area contributed by atoms with Crippen molar-refractivity contribution in [3.05, 3.63) is 58.1 Å². The molecule has 1 heterocycles. The van der Waals surface area contributed by atoms with Gasteiger partial charge in [-0.15, -0.1) is 0 Å². The molecule has 3 nitrogen and oxygen atoms in total. The normalized spacial score (nSPS) is 13.4. The molecule has 0 aliphatic carbocycles. The lowest BCUT2D eigenvalue weighted by atomic mass is 10.0. The van der Waals surface area contributed by atoms with Crippen LogP contribution in [0.3, 0.4) is 0 Å². The zero-order valence-corrected chi connectivity index (χ0v) is 10.8. The van der Waals surface area contributed by atoms with E-state index in [0.717, 1.165) is 11.1 Å². The highest BCUT2D eigenvalue weighted by molar-refractivity contribution is 9.10. The predicted octanol–water partition coefficient (Wildman–Crippen LogP) is 3.00. The molecule has 1 aliphatic rings. The zero-order valence-electron chi connectivity index (χ0n) is 9.24. The molecule has 3 rings (SSSR count). The molecule has 0 aromatic heterocycles. The number of hydrogen-bond acceptors (Lipinski definition) is 2. The van der Waals surface area contributed by atoms with Crippen LogP contribution in [-0.4, -0.2) is 11.8 Å². The van der Waals surface area contributed by atoms with E-state index >= 15 is 0 Å². The molecule has 0 spiro atoms. The van der Waals surface area contributed by atoms with Crippen LogP contribution in [0.1, 0.15) is 20.7 Å². The van der Waals surface area contributed by atoms with Gasteiger partial charge in [-0.05, 0) is 33.1 Å². The van der Waals surface area contributed by atoms with E-state index in [1.54, 1.807) is 6.07 Å². The van der Waals surface area contributed by atoms with E-state index in [4.69, 9.17) is 0 Å². The van der Waals surface area contributed by atoms with Crippen molar-refractivity contribution in [2.24, 2.45) is 0 Å². The van der Waals surface area contributed by atoms with E-state index < -0.39 is 0 Å². The molecule has 0 unspecified atom stereocenters. The van der Waals surface area contributed by atoms with Crippen LogP contribution in [0.15, 0.2) is 46.9 Å². The third-order valence-electron chi connectivity index (χ3n) is 2.93. The molecule has 2 amide bonds. The number of benzene rings is 2. The van der Waals surface area contributed by atoms with Gasteiger partial charge in [-0.25, -0.2) is 0 Å². The van der Waals surface area contributed by atoms with E-state index in [-0.39, 0.29) is 11.8 Å². The Morgan fingerprint density at radius 3 is 2.22 bits per heavy atom. The summed E-state index contributed by atoms with van der Waals surface area (Å²) in [6.45, 7) is 0. The maximum atomic E-state index is 11.7. The van der Waals surface area contributed by atoms with E-state index in [0.29, 0.717) is 15.6 Å². The summed E-state index contributed by atoms with van der Waals surface area (Å²) in [5.41, 5.74) is 2.74. The van der Waals surface area contributed by atoms with E-state index in [2.05, 4.69) is 21.2 Å². The molecule has 2 aromatic carbocycles. The summed E-state index contributed by atoms with van der Waals surface area (Å²) in [5, 5.41) is 2.29. The summed E-state index contributed by atoms with van der Waals surface area (Å²) < 4.78 is 0.662. The highest BCUT2D eigenvalue weighted by atomic mass is 79.9. The molecule has 18 heavy (non-hydrogen) atoms. The Morgan fingerprint density at radius 2 is 1.50 bits per heavy atom. The van der Waals surface area contributed by atoms with Gasteiger partial charge in [-0.3, -0.25) is 14.9 Å². The second-order valence-corrected chi connectivity index (χ2v) is 4.79. The van der Waals surface area contributed by atoms with Crippen molar-refractivity contribution in [3.8, 4) is 11.1 Å². The first-order chi connectivity index (χ1) is 8.68. The lowest BCUT2D eigenvalue weighted by Crippen LogP contribution is -2.20. The van der Waals surface area contributed by atoms with Crippen molar-refractivity contribution in [3.63, 3.8) is 0 Å². The van der Waals surface area contributed by atoms with Crippen LogP contribution in [0.25, 0.3) is 11.1 Å². The standard InChI is InChI=1S/C14H8BrNO2/c15-12-9(8-4-2-1-3-5-8)6-7-10-11(12)14(18)16-13(10)17/h1-7H,(H,16,17,18). The Labute approximate surface area is 112 Å². The number of hydrogen-bond donors (Lipinski definition) is 1. The fraction of sp³-hybridized carbons (Fsp3) is 0. The fourth-order valence-electron chi connectivity index (χ4n) is 2.06. The molecule has 4 heteroatoms. The first-order valence-electron chi connectivity index (χ1n) is 5.42. The Morgan fingerprint density at radius 1 is 0.833 bits per heavy atom. The van der Waals surface area contributed by atoms with Gasteiger partial charge in [0.1, 0.15) is 0 Å². The smallest absolute Gasteiger partial charge is 0.260 e. The SMILES string of the molecule is O=C1NC(=O)c2c1ccc(-c1ccccc1)c2Br. The van der Waals surface area contributed by atoms with Crippen LogP contribution in [0.5, 0.6) is 0 Å². The van der Waals surface area contributed by atoms with E-state index in [9.17, 15) is 9.59 Å². The van der Waals surface area contributed by atoms with Crippen molar-refractivity contribution in [2.45, 2.75) is 0 Å². The van der Waals surface area contributed by atoms with Gasteiger partial charge in [0.2, 0.25) is 0 Å². The molecule has 0 radical (unpaired) electrons. The van der Waals surface area contributed by atoms with Crippen LogP contribution < -0.4 is 5.32 Å². The minimum atomic E-state index is -0.348. The Balaban J connectivity index is 2.24. The third-order valence-corrected chi connectivity index (χ3v) is 3.75. The molecule has 0 saturated heterocycles. The monoisotopic (exact) mass is 301 g/mol. The summed E-state index contributed by atoms with van der Waals surface area (Å²) in [6, 6.07) is 13.2. The highest BCUT2D eigenvalue weighted by Gasteiger charge is 2.30. The van der Waals surface area contributed by atoms with Gasteiger partial charge in [-0.2, -0.15) is 0 Å². The molecule has 0 atom stereocenters. The molecule has 2 aromatic rings. The molecular weight excluding hydrogens is 294 g/mol. The van der Waals surface area contributed by atoms with Crippen LogP contribution >= 0.6 is 15.9 Å². The van der Waals surface area contributed by atoms with Crippen LogP contribution in [0.4, 0.5) is 0 Å². The predicted molar refractivity (Wildman–Crippen MR) is 71.4 cm³/mol. The Bertz CT molecular complexity index is 665. The minimum Gasteiger partial charge on any atom is -0.288 e. The maximum absolute atomic E-state index is 11.7. The van der Waals surface area contributed by atoms with Crippen molar-refractivity contribution in [1.29, 1.82) is 0 Å². The number of halogens is 1. The quantitative estimate of drug-likeness (QED) is 0.823. The average molecular weight is 302 g/mol. The zero-order chi connectivity index (χ0) is 12.7. The first-order valence-corrected chi connectivity index (χ1v) is 6.21. The Kier molecular flexibility index (Phi) is 2.52. The van der Waals surface area contributed by atoms with Gasteiger partial charge in [0.15, 0.2) is 0 Å². The van der Waals surface area contributed by atoms with Crippen LogP contribution in [-0.2, 0) is 0 Å². The molecule has 1 N–H and O–H groups in total. The number of imide groups is 1. The van der Waals surface area contributed by atoms with Gasteiger partial charge < -0.3 is 0 Å². The second kappa shape index (κ2) is 4.07. The van der Waals surface area contributed by atoms with E-state index in [1.165, 1.54) is 0 Å². The summed E-state index contributed by atoms with van der Waals surface area (Å²) in [4.78, 5) is 23.2. The number of nitrogens with one attached hydrogen (secondary N) is 1. The molecule has 0 bridgehead atoms. The van der Waals surface area contributed by atoms with Crippen molar-refractivity contribution in [2.75, 3.05) is 0 Å². The van der Waals surface area contributed by atoms with Crippen molar-refractivity contribution < 1.29 is 9.59 Å². The molecule has 0 fully saturated rings. The fourth-order valence-corrected chi connectivity index (χ4v) is 2.82. The minimum absolute atomic E-state index is 0.338. The van der Waals surface area contributed by atoms with Gasteiger partial charge in [0.25, 0.3) is 11.8 Å². The van der Waals surface area contributed by atoms with Crippen molar-refractivity contribution >= 4 is 27.7 Å². The number of carbonyl (C=O) groups is 2. The van der Waals surface area contributed by atoms with Gasteiger partial charge >= 0.3 is 0 Å².